The van der Waals surface area contributed by atoms with E-state index in [1.54, 1.807) is 25.1 Å². The van der Waals surface area contributed by atoms with Crippen LogP contribution in [0.5, 0.6) is 0 Å². The summed E-state index contributed by atoms with van der Waals surface area (Å²) in [7, 11) is 0. The van der Waals surface area contributed by atoms with Crippen LogP contribution in [-0.4, -0.2) is 34.8 Å². The van der Waals surface area contributed by atoms with E-state index in [1.165, 1.54) is 0 Å². The molecule has 1 aromatic rings. The number of hydrogen-bond acceptors (Lipinski definition) is 3. The molecular weight excluding hydrogens is 365 g/mol. The lowest BCUT2D eigenvalue weighted by molar-refractivity contribution is -0.135. The molecule has 0 aliphatic carbocycles. The van der Waals surface area contributed by atoms with Crippen molar-refractivity contribution in [2.45, 2.75) is 45.2 Å². The number of amides is 4. The van der Waals surface area contributed by atoms with Gasteiger partial charge in [0.2, 0.25) is 5.91 Å². The molecule has 25 heavy (non-hydrogen) atoms. The van der Waals surface area contributed by atoms with Crippen LogP contribution in [0.25, 0.3) is 0 Å². The zero-order valence-corrected chi connectivity index (χ0v) is 15.9. The van der Waals surface area contributed by atoms with E-state index in [-0.39, 0.29) is 18.5 Å². The van der Waals surface area contributed by atoms with Crippen LogP contribution in [0.15, 0.2) is 18.2 Å². The van der Waals surface area contributed by atoms with Crippen LogP contribution >= 0.6 is 23.2 Å². The number of rotatable bonds is 6. The van der Waals surface area contributed by atoms with Gasteiger partial charge in [-0.15, -0.1) is 0 Å². The van der Waals surface area contributed by atoms with Crippen molar-refractivity contribution in [2.75, 3.05) is 6.54 Å². The Bertz CT molecular complexity index is 704. The summed E-state index contributed by atoms with van der Waals surface area (Å²) < 4.78 is 0. The van der Waals surface area contributed by atoms with Crippen molar-refractivity contribution in [1.82, 2.24) is 15.5 Å². The first kappa shape index (κ1) is 19.5. The maximum atomic E-state index is 12.5. The standard InChI is InChI=1S/C17H21Cl2N3O3/c1-4-17(5-2)15(24)22(16(25)21-17)9-14(23)20-10(3)12-7-6-11(18)8-13(12)19/h6-8,10H,4-5,9H2,1-3H3,(H,20,23)(H,21,25). The monoisotopic (exact) mass is 385 g/mol. The molecule has 0 saturated carbocycles. The highest BCUT2D eigenvalue weighted by atomic mass is 35.5. The molecule has 1 fully saturated rings. The predicted octanol–water partition coefficient (Wildman–Crippen LogP) is 3.28. The topological polar surface area (TPSA) is 78.5 Å². The Hall–Kier alpha value is -1.79. The van der Waals surface area contributed by atoms with Crippen LogP contribution in [0, 0.1) is 0 Å². The fourth-order valence-electron chi connectivity index (χ4n) is 2.91. The smallest absolute Gasteiger partial charge is 0.325 e. The number of halogens is 2. The molecule has 1 heterocycles. The molecule has 1 atom stereocenters. The highest BCUT2D eigenvalue weighted by Crippen LogP contribution is 2.27. The summed E-state index contributed by atoms with van der Waals surface area (Å²) in [6.07, 6.45) is 0.950. The molecular formula is C17H21Cl2N3O3. The molecule has 6 nitrogen and oxygen atoms in total. The van der Waals surface area contributed by atoms with E-state index in [9.17, 15) is 14.4 Å². The predicted molar refractivity (Wildman–Crippen MR) is 96.6 cm³/mol. The first-order chi connectivity index (χ1) is 11.7. The number of urea groups is 1. The van der Waals surface area contributed by atoms with Gasteiger partial charge in [0, 0.05) is 10.0 Å². The van der Waals surface area contributed by atoms with E-state index in [1.807, 2.05) is 13.8 Å². The molecule has 1 aliphatic rings. The van der Waals surface area contributed by atoms with Crippen molar-refractivity contribution in [1.29, 1.82) is 0 Å². The SMILES string of the molecule is CCC1(CC)NC(=O)N(CC(=O)NC(C)c2ccc(Cl)cc2Cl)C1=O. The molecule has 1 aromatic carbocycles. The second kappa shape index (κ2) is 7.62. The van der Waals surface area contributed by atoms with Gasteiger partial charge in [-0.05, 0) is 37.5 Å². The van der Waals surface area contributed by atoms with Crippen LogP contribution in [0.4, 0.5) is 4.79 Å². The Morgan fingerprint density at radius 1 is 1.28 bits per heavy atom. The lowest BCUT2D eigenvalue weighted by atomic mass is 9.93. The molecule has 1 saturated heterocycles. The minimum absolute atomic E-state index is 0.331. The van der Waals surface area contributed by atoms with Crippen LogP contribution in [-0.2, 0) is 9.59 Å². The summed E-state index contributed by atoms with van der Waals surface area (Å²) >= 11 is 12.0. The van der Waals surface area contributed by atoms with E-state index in [0.717, 1.165) is 4.90 Å². The number of carbonyl (C=O) groups is 3. The first-order valence-electron chi connectivity index (χ1n) is 8.12. The van der Waals surface area contributed by atoms with Crippen molar-refractivity contribution >= 4 is 41.0 Å². The fourth-order valence-corrected chi connectivity index (χ4v) is 3.48. The third kappa shape index (κ3) is 3.90. The van der Waals surface area contributed by atoms with E-state index >= 15 is 0 Å². The van der Waals surface area contributed by atoms with Gasteiger partial charge in [0.05, 0.1) is 6.04 Å². The quantitative estimate of drug-likeness (QED) is 0.737. The summed E-state index contributed by atoms with van der Waals surface area (Å²) in [5, 5.41) is 6.38. The lowest BCUT2D eigenvalue weighted by Gasteiger charge is -2.23. The van der Waals surface area contributed by atoms with E-state index < -0.39 is 17.5 Å². The third-order valence-electron chi connectivity index (χ3n) is 4.56. The van der Waals surface area contributed by atoms with Gasteiger partial charge < -0.3 is 10.6 Å². The number of imide groups is 1. The van der Waals surface area contributed by atoms with E-state index in [4.69, 9.17) is 23.2 Å². The van der Waals surface area contributed by atoms with E-state index in [0.29, 0.717) is 28.5 Å². The number of nitrogens with one attached hydrogen (secondary N) is 2. The Balaban J connectivity index is 2.05. The molecule has 0 bridgehead atoms. The maximum Gasteiger partial charge on any atom is 0.325 e. The molecule has 1 aliphatic heterocycles. The minimum atomic E-state index is -0.914. The van der Waals surface area contributed by atoms with Gasteiger partial charge in [0.15, 0.2) is 0 Å². The molecule has 8 heteroatoms. The molecule has 0 spiro atoms. The Morgan fingerprint density at radius 2 is 1.92 bits per heavy atom. The zero-order chi connectivity index (χ0) is 18.8. The van der Waals surface area contributed by atoms with Gasteiger partial charge in [-0.25, -0.2) is 4.79 Å². The first-order valence-corrected chi connectivity index (χ1v) is 8.88. The van der Waals surface area contributed by atoms with Gasteiger partial charge >= 0.3 is 6.03 Å². The molecule has 2 N–H and O–H groups in total. The highest BCUT2D eigenvalue weighted by molar-refractivity contribution is 6.35. The Kier molecular flexibility index (Phi) is 5.95. The molecule has 0 radical (unpaired) electrons. The Morgan fingerprint density at radius 3 is 2.44 bits per heavy atom. The fraction of sp³-hybridized carbons (Fsp3) is 0.471. The number of carbonyl (C=O) groups excluding carboxylic acids is 3. The number of benzene rings is 1. The normalized spacial score (nSPS) is 17.4. The van der Waals surface area contributed by atoms with E-state index in [2.05, 4.69) is 10.6 Å². The van der Waals surface area contributed by atoms with Crippen molar-refractivity contribution in [2.24, 2.45) is 0 Å². The summed E-state index contributed by atoms with van der Waals surface area (Å²) in [6.45, 7) is 5.09. The van der Waals surface area contributed by atoms with Gasteiger partial charge in [-0.2, -0.15) is 0 Å². The number of hydrogen-bond donors (Lipinski definition) is 2. The van der Waals surface area contributed by atoms with Gasteiger partial charge in [0.1, 0.15) is 12.1 Å². The highest BCUT2D eigenvalue weighted by Gasteiger charge is 2.49. The second-order valence-corrected chi connectivity index (χ2v) is 6.91. The average Bonchev–Trinajstić information content (AvgIpc) is 2.79. The lowest BCUT2D eigenvalue weighted by Crippen LogP contribution is -2.46. The Labute approximate surface area is 156 Å². The minimum Gasteiger partial charge on any atom is -0.348 e. The van der Waals surface area contributed by atoms with Gasteiger partial charge in [0.25, 0.3) is 5.91 Å². The molecule has 1 unspecified atom stereocenters. The molecule has 4 amide bonds. The van der Waals surface area contributed by atoms with Crippen molar-refractivity contribution in [3.63, 3.8) is 0 Å². The third-order valence-corrected chi connectivity index (χ3v) is 5.12. The van der Waals surface area contributed by atoms with Gasteiger partial charge in [-0.3, -0.25) is 14.5 Å². The maximum absolute atomic E-state index is 12.5. The summed E-state index contributed by atoms with van der Waals surface area (Å²) in [5.41, 5.74) is -0.212. The summed E-state index contributed by atoms with van der Waals surface area (Å²) in [5.74, 6) is -0.806. The van der Waals surface area contributed by atoms with Crippen LogP contribution in [0.3, 0.4) is 0 Å². The molecule has 2 rings (SSSR count). The van der Waals surface area contributed by atoms with Crippen molar-refractivity contribution < 1.29 is 14.4 Å². The average molecular weight is 386 g/mol. The second-order valence-electron chi connectivity index (χ2n) is 6.07. The van der Waals surface area contributed by atoms with Crippen LogP contribution in [0.2, 0.25) is 10.0 Å². The number of nitrogens with zero attached hydrogens (tertiary/aromatic N) is 1. The largest absolute Gasteiger partial charge is 0.348 e. The van der Waals surface area contributed by atoms with Crippen LogP contribution in [0.1, 0.15) is 45.2 Å². The zero-order valence-electron chi connectivity index (χ0n) is 14.4. The molecule has 136 valence electrons. The summed E-state index contributed by atoms with van der Waals surface area (Å²) in [4.78, 5) is 37.8. The van der Waals surface area contributed by atoms with Crippen molar-refractivity contribution in [3.8, 4) is 0 Å². The van der Waals surface area contributed by atoms with Crippen LogP contribution < -0.4 is 10.6 Å². The van der Waals surface area contributed by atoms with Crippen molar-refractivity contribution in [3.05, 3.63) is 33.8 Å². The van der Waals surface area contributed by atoms with Gasteiger partial charge in [-0.1, -0.05) is 43.1 Å². The molecule has 0 aromatic heterocycles. The summed E-state index contributed by atoms with van der Waals surface area (Å²) in [6, 6.07) is 4.07.